The van der Waals surface area contributed by atoms with Crippen molar-refractivity contribution in [3.8, 4) is 28.6 Å². The van der Waals surface area contributed by atoms with Crippen LogP contribution in [0.25, 0.3) is 66.1 Å². The zero-order chi connectivity index (χ0) is 34.2. The van der Waals surface area contributed by atoms with Gasteiger partial charge in [-0.15, -0.1) is 0 Å². The van der Waals surface area contributed by atoms with Gasteiger partial charge in [-0.2, -0.15) is 5.26 Å². The van der Waals surface area contributed by atoms with Crippen LogP contribution >= 0.6 is 0 Å². The molecule has 0 bridgehead atoms. The van der Waals surface area contributed by atoms with E-state index in [1.165, 1.54) is 10.5 Å². The molecule has 2 amide bonds. The highest BCUT2D eigenvalue weighted by Crippen LogP contribution is 2.42. The number of hydrogen-bond donors (Lipinski definition) is 0. The molecule has 3 heterocycles. The summed E-state index contributed by atoms with van der Waals surface area (Å²) in [7, 11) is 0. The Morgan fingerprint density at radius 1 is 0.431 bits per heavy atom. The fraction of sp³-hybridized carbons (Fsp3) is 0. The van der Waals surface area contributed by atoms with Gasteiger partial charge < -0.3 is 9.13 Å². The Morgan fingerprint density at radius 3 is 1.59 bits per heavy atom. The van der Waals surface area contributed by atoms with Gasteiger partial charge in [0.15, 0.2) is 0 Å². The number of carbonyl (C=O) groups excluding carboxylic acids is 2. The quantitative estimate of drug-likeness (QED) is 0.177. The Balaban J connectivity index is 1.24. The summed E-state index contributed by atoms with van der Waals surface area (Å²) in [5, 5.41) is 14.2. The van der Waals surface area contributed by atoms with Gasteiger partial charge in [-0.05, 0) is 77.9 Å². The van der Waals surface area contributed by atoms with Gasteiger partial charge in [-0.25, -0.2) is 4.90 Å². The third-order valence-corrected chi connectivity index (χ3v) is 10.1. The molecule has 0 saturated heterocycles. The number of hydrogen-bond acceptors (Lipinski definition) is 3. The second-order valence-electron chi connectivity index (χ2n) is 12.8. The molecular weight excluding hydrogens is 629 g/mol. The van der Waals surface area contributed by atoms with Gasteiger partial charge in [0.25, 0.3) is 11.8 Å². The van der Waals surface area contributed by atoms with E-state index in [9.17, 15) is 14.9 Å². The highest BCUT2D eigenvalue weighted by Gasteiger charge is 2.38. The van der Waals surface area contributed by atoms with E-state index in [1.54, 1.807) is 36.4 Å². The molecule has 7 aromatic carbocycles. The first-order valence-corrected chi connectivity index (χ1v) is 16.8. The maximum atomic E-state index is 13.8. The number of anilines is 1. The minimum atomic E-state index is -0.406. The number of imide groups is 1. The van der Waals surface area contributed by atoms with E-state index in [0.717, 1.165) is 54.9 Å². The number of fused-ring (bicyclic) bond motifs is 7. The monoisotopic (exact) mass is 654 g/mol. The van der Waals surface area contributed by atoms with Crippen LogP contribution in [0.1, 0.15) is 26.3 Å². The zero-order valence-corrected chi connectivity index (χ0v) is 27.1. The van der Waals surface area contributed by atoms with Gasteiger partial charge in [-0.3, -0.25) is 9.59 Å². The first kappa shape index (κ1) is 28.8. The molecule has 0 unspecified atom stereocenters. The Labute approximate surface area is 292 Å². The molecule has 0 radical (unpaired) electrons. The molecule has 238 valence electrons. The Bertz CT molecular complexity index is 2930. The van der Waals surface area contributed by atoms with Crippen LogP contribution in [0.15, 0.2) is 158 Å². The summed E-state index contributed by atoms with van der Waals surface area (Å²) in [6.45, 7) is 0. The second kappa shape index (κ2) is 10.9. The maximum absolute atomic E-state index is 13.8. The van der Waals surface area contributed by atoms with E-state index in [1.807, 2.05) is 24.3 Å². The molecule has 6 nitrogen and oxygen atoms in total. The van der Waals surface area contributed by atoms with Crippen molar-refractivity contribution in [2.75, 3.05) is 4.90 Å². The average Bonchev–Trinajstić information content (AvgIpc) is 3.78. The van der Waals surface area contributed by atoms with Crippen LogP contribution < -0.4 is 4.90 Å². The number of amides is 2. The van der Waals surface area contributed by atoms with Gasteiger partial charge in [0.2, 0.25) is 0 Å². The van der Waals surface area contributed by atoms with E-state index in [-0.39, 0.29) is 0 Å². The SMILES string of the molecule is N#Cc1ccc(-n2c3ccccc3c3cc4c(cc32)c2ccccc2n4-c2ccc(-c3ccccc3)cc2)c(N2C(=O)c3ccccc3C2=O)c1. The van der Waals surface area contributed by atoms with Gasteiger partial charge in [0.1, 0.15) is 0 Å². The summed E-state index contributed by atoms with van der Waals surface area (Å²) in [6, 6.07) is 54.4. The molecule has 0 fully saturated rings. The summed E-state index contributed by atoms with van der Waals surface area (Å²) < 4.78 is 4.43. The predicted molar refractivity (Wildman–Crippen MR) is 203 cm³/mol. The molecule has 0 saturated carbocycles. The van der Waals surface area contributed by atoms with Gasteiger partial charge in [0.05, 0.1) is 56.2 Å². The lowest BCUT2D eigenvalue weighted by Crippen LogP contribution is -2.30. The summed E-state index contributed by atoms with van der Waals surface area (Å²) in [5.41, 5.74) is 9.45. The van der Waals surface area contributed by atoms with Gasteiger partial charge >= 0.3 is 0 Å². The van der Waals surface area contributed by atoms with Crippen LogP contribution in [0.5, 0.6) is 0 Å². The maximum Gasteiger partial charge on any atom is 0.266 e. The van der Waals surface area contributed by atoms with Crippen molar-refractivity contribution in [2.24, 2.45) is 0 Å². The number of aromatic nitrogens is 2. The first-order chi connectivity index (χ1) is 25.1. The molecule has 0 aliphatic carbocycles. The lowest BCUT2D eigenvalue weighted by atomic mass is 10.1. The standard InChI is InChI=1S/C45H26N4O2/c46-27-28-18-23-40(43(24-28)49-44(50)34-14-4-5-15-35(34)45(49)51)48-39-17-9-7-13-33(39)37-25-41-36(26-42(37)48)32-12-6-8-16-38(32)47(41)31-21-19-30(20-22-31)29-10-2-1-3-11-29/h1-26H. The molecule has 0 atom stereocenters. The number of carbonyl (C=O) groups is 2. The lowest BCUT2D eigenvalue weighted by Gasteiger charge is -2.20. The third-order valence-electron chi connectivity index (χ3n) is 10.1. The highest BCUT2D eigenvalue weighted by molar-refractivity contribution is 6.35. The molecule has 0 N–H and O–H groups in total. The topological polar surface area (TPSA) is 71.0 Å². The number of rotatable bonds is 4. The molecule has 10 rings (SSSR count). The predicted octanol–water partition coefficient (Wildman–Crippen LogP) is 10.2. The van der Waals surface area contributed by atoms with Crippen LogP contribution in [0.3, 0.4) is 0 Å². The third kappa shape index (κ3) is 4.16. The molecule has 1 aliphatic rings. The zero-order valence-electron chi connectivity index (χ0n) is 27.1. The van der Waals surface area contributed by atoms with Crippen molar-refractivity contribution in [1.29, 1.82) is 5.26 Å². The number of nitriles is 1. The van der Waals surface area contributed by atoms with Crippen molar-refractivity contribution < 1.29 is 9.59 Å². The average molecular weight is 655 g/mol. The first-order valence-electron chi connectivity index (χ1n) is 16.8. The minimum absolute atomic E-state index is 0.351. The summed E-state index contributed by atoms with van der Waals surface area (Å²) in [5.74, 6) is -0.812. The molecule has 51 heavy (non-hydrogen) atoms. The molecule has 2 aromatic heterocycles. The van der Waals surface area contributed by atoms with E-state index in [4.69, 9.17) is 0 Å². The molecule has 9 aromatic rings. The van der Waals surface area contributed by atoms with Crippen LogP contribution in [-0.4, -0.2) is 20.9 Å². The van der Waals surface area contributed by atoms with Crippen molar-refractivity contribution in [2.45, 2.75) is 0 Å². The van der Waals surface area contributed by atoms with Crippen molar-refractivity contribution in [3.05, 3.63) is 174 Å². The van der Waals surface area contributed by atoms with Crippen molar-refractivity contribution in [1.82, 2.24) is 9.13 Å². The molecule has 6 heteroatoms. The van der Waals surface area contributed by atoms with Crippen LogP contribution in [-0.2, 0) is 0 Å². The Morgan fingerprint density at radius 2 is 0.961 bits per heavy atom. The van der Waals surface area contributed by atoms with Crippen LogP contribution in [0.2, 0.25) is 0 Å². The van der Waals surface area contributed by atoms with E-state index in [0.29, 0.717) is 28.1 Å². The number of nitrogens with zero attached hydrogens (tertiary/aromatic N) is 4. The van der Waals surface area contributed by atoms with Crippen molar-refractivity contribution >= 4 is 61.1 Å². The largest absolute Gasteiger partial charge is 0.309 e. The molecular formula is C45H26N4O2. The van der Waals surface area contributed by atoms with Crippen molar-refractivity contribution in [3.63, 3.8) is 0 Å². The van der Waals surface area contributed by atoms with Crippen LogP contribution in [0, 0.1) is 11.3 Å². The Hall–Kier alpha value is -7.23. The molecule has 0 spiro atoms. The van der Waals surface area contributed by atoms with E-state index < -0.39 is 11.8 Å². The summed E-state index contributed by atoms with van der Waals surface area (Å²) >= 11 is 0. The smallest absolute Gasteiger partial charge is 0.266 e. The summed E-state index contributed by atoms with van der Waals surface area (Å²) in [4.78, 5) is 28.9. The van der Waals surface area contributed by atoms with E-state index in [2.05, 4.69) is 112 Å². The second-order valence-corrected chi connectivity index (χ2v) is 12.8. The number of para-hydroxylation sites is 2. The Kier molecular flexibility index (Phi) is 6.14. The summed E-state index contributed by atoms with van der Waals surface area (Å²) in [6.07, 6.45) is 0. The van der Waals surface area contributed by atoms with Gasteiger partial charge in [0, 0.05) is 27.2 Å². The fourth-order valence-electron chi connectivity index (χ4n) is 7.77. The lowest BCUT2D eigenvalue weighted by molar-refractivity contribution is 0.0926. The fourth-order valence-corrected chi connectivity index (χ4v) is 7.77. The normalized spacial score (nSPS) is 12.7. The number of benzene rings is 7. The van der Waals surface area contributed by atoms with E-state index >= 15 is 0 Å². The molecule has 1 aliphatic heterocycles. The minimum Gasteiger partial charge on any atom is -0.309 e. The highest BCUT2D eigenvalue weighted by atomic mass is 16.2. The van der Waals surface area contributed by atoms with Crippen LogP contribution in [0.4, 0.5) is 5.69 Å². The van der Waals surface area contributed by atoms with Gasteiger partial charge in [-0.1, -0.05) is 91.0 Å².